The number of ketones is 1. The van der Waals surface area contributed by atoms with Crippen LogP contribution in [0.3, 0.4) is 0 Å². The Hall–Kier alpha value is -0.580. The molecule has 0 bridgehead atoms. The third kappa shape index (κ3) is 4.59. The summed E-state index contributed by atoms with van der Waals surface area (Å²) in [5.74, 6) is 0.0581. The summed E-state index contributed by atoms with van der Waals surface area (Å²) in [5.41, 5.74) is -0.522. The van der Waals surface area contributed by atoms with Crippen LogP contribution < -0.4 is 0 Å². The van der Waals surface area contributed by atoms with Gasteiger partial charge in [-0.15, -0.1) is 0 Å². The van der Waals surface area contributed by atoms with Crippen molar-refractivity contribution in [1.82, 2.24) is 4.90 Å². The second-order valence-electron chi connectivity index (χ2n) is 5.64. The molecule has 0 aliphatic carbocycles. The van der Waals surface area contributed by atoms with Crippen LogP contribution in [0.2, 0.25) is 0 Å². The van der Waals surface area contributed by atoms with Crippen LogP contribution in [-0.2, 0) is 9.53 Å². The van der Waals surface area contributed by atoms with E-state index in [-0.39, 0.29) is 23.2 Å². The maximum Gasteiger partial charge on any atom is 0.410 e. The number of ether oxygens (including phenoxy) is 1. The molecule has 0 aromatic carbocycles. The first-order chi connectivity index (χ1) is 8.35. The predicted molar refractivity (Wildman–Crippen MR) is 74.0 cm³/mol. The summed E-state index contributed by atoms with van der Waals surface area (Å²) in [7, 11) is 0. The first-order valence-corrected chi connectivity index (χ1v) is 7.55. The summed E-state index contributed by atoms with van der Waals surface area (Å²) in [6, 6.07) is -0.332. The second kappa shape index (κ2) is 6.55. The van der Waals surface area contributed by atoms with Crippen molar-refractivity contribution in [3.63, 3.8) is 0 Å². The number of hydrogen-bond donors (Lipinski definition) is 0. The lowest BCUT2D eigenvalue weighted by atomic mass is 10.1. The van der Waals surface area contributed by atoms with E-state index in [1.807, 2.05) is 20.8 Å². The van der Waals surface area contributed by atoms with Gasteiger partial charge in [-0.3, -0.25) is 9.69 Å². The first-order valence-electron chi connectivity index (χ1n) is 6.43. The van der Waals surface area contributed by atoms with Gasteiger partial charge in [-0.1, -0.05) is 28.8 Å². The minimum Gasteiger partial charge on any atom is -0.444 e. The fourth-order valence-electron chi connectivity index (χ4n) is 2.07. The number of hydrogen-bond acceptors (Lipinski definition) is 3. The molecule has 0 spiro atoms. The fourth-order valence-corrected chi connectivity index (χ4v) is 2.44. The monoisotopic (exact) mass is 319 g/mol. The highest BCUT2D eigenvalue weighted by Gasteiger charge is 2.32. The first kappa shape index (κ1) is 15.5. The Bertz CT molecular complexity index is 312. The summed E-state index contributed by atoms with van der Waals surface area (Å²) in [6.07, 6.45) is 3.35. The Balaban J connectivity index is 2.79. The fraction of sp³-hybridized carbons (Fsp3) is 0.846. The van der Waals surface area contributed by atoms with Crippen molar-refractivity contribution in [1.29, 1.82) is 0 Å². The van der Waals surface area contributed by atoms with Gasteiger partial charge in [0.2, 0.25) is 0 Å². The molecule has 1 fully saturated rings. The van der Waals surface area contributed by atoms with Crippen LogP contribution in [0.15, 0.2) is 0 Å². The second-order valence-corrected chi connectivity index (χ2v) is 6.20. The van der Waals surface area contributed by atoms with Crippen molar-refractivity contribution in [2.24, 2.45) is 0 Å². The normalized spacial score (nSPS) is 21.3. The van der Waals surface area contributed by atoms with Crippen LogP contribution in [-0.4, -0.2) is 40.3 Å². The highest BCUT2D eigenvalue weighted by molar-refractivity contribution is 9.09. The lowest BCUT2D eigenvalue weighted by molar-refractivity contribution is -0.121. The summed E-state index contributed by atoms with van der Waals surface area (Å²) >= 11 is 3.19. The average Bonchev–Trinajstić information content (AvgIpc) is 2.50. The van der Waals surface area contributed by atoms with E-state index in [1.165, 1.54) is 0 Å². The van der Waals surface area contributed by atoms with E-state index < -0.39 is 5.60 Å². The highest BCUT2D eigenvalue weighted by atomic mass is 79.9. The summed E-state index contributed by atoms with van der Waals surface area (Å²) < 4.78 is 5.38. The van der Waals surface area contributed by atoms with Crippen LogP contribution in [0.1, 0.15) is 46.5 Å². The number of carbonyl (C=O) groups is 2. The maximum atomic E-state index is 12.1. The number of amides is 1. The van der Waals surface area contributed by atoms with Gasteiger partial charge in [0.1, 0.15) is 5.60 Å². The van der Waals surface area contributed by atoms with Crippen molar-refractivity contribution in [2.75, 3.05) is 11.9 Å². The molecular weight excluding hydrogens is 298 g/mol. The third-order valence-electron chi connectivity index (χ3n) is 2.88. The van der Waals surface area contributed by atoms with Crippen LogP contribution in [0.25, 0.3) is 0 Å². The smallest absolute Gasteiger partial charge is 0.410 e. The molecule has 0 aromatic heterocycles. The van der Waals surface area contributed by atoms with E-state index in [2.05, 4.69) is 15.9 Å². The lowest BCUT2D eigenvalue weighted by Gasteiger charge is -2.31. The molecule has 0 unspecified atom stereocenters. The summed E-state index contributed by atoms with van der Waals surface area (Å²) in [5, 5.41) is 0.289. The topological polar surface area (TPSA) is 46.6 Å². The molecule has 18 heavy (non-hydrogen) atoms. The summed E-state index contributed by atoms with van der Waals surface area (Å²) in [6.45, 7) is 6.12. The molecule has 0 radical (unpaired) electrons. The van der Waals surface area contributed by atoms with Gasteiger partial charge >= 0.3 is 6.09 Å². The van der Waals surface area contributed by atoms with Crippen LogP contribution >= 0.6 is 15.9 Å². The quantitative estimate of drug-likeness (QED) is 0.735. The molecule has 5 heteroatoms. The van der Waals surface area contributed by atoms with Crippen molar-refractivity contribution >= 4 is 27.8 Å². The Labute approximate surface area is 117 Å². The average molecular weight is 320 g/mol. The Morgan fingerprint density at radius 2 is 1.94 bits per heavy atom. The Kier molecular flexibility index (Phi) is 5.63. The number of nitrogens with zero attached hydrogens (tertiary/aromatic N) is 1. The number of Topliss-reactive ketones (excluding diaryl/α,β-unsaturated/α-hetero) is 1. The molecule has 104 valence electrons. The molecule has 1 atom stereocenters. The van der Waals surface area contributed by atoms with Crippen LogP contribution in [0, 0.1) is 0 Å². The molecule has 0 N–H and O–H groups in total. The highest BCUT2D eigenvalue weighted by Crippen LogP contribution is 2.21. The summed E-state index contributed by atoms with van der Waals surface area (Å²) in [4.78, 5) is 25.6. The van der Waals surface area contributed by atoms with Crippen molar-refractivity contribution in [2.45, 2.75) is 58.1 Å². The molecule has 4 nitrogen and oxygen atoms in total. The minimum atomic E-state index is -0.522. The van der Waals surface area contributed by atoms with E-state index in [0.717, 1.165) is 25.7 Å². The van der Waals surface area contributed by atoms with Crippen LogP contribution in [0.5, 0.6) is 0 Å². The number of likely N-dealkylation sites (tertiary alicyclic amines) is 1. The van der Waals surface area contributed by atoms with Gasteiger partial charge in [-0.05, 0) is 33.6 Å². The predicted octanol–water partition coefficient (Wildman–Crippen LogP) is 3.13. The van der Waals surface area contributed by atoms with Gasteiger partial charge in [0.25, 0.3) is 0 Å². The zero-order valence-electron chi connectivity index (χ0n) is 11.4. The molecule has 0 saturated carbocycles. The zero-order chi connectivity index (χ0) is 13.8. The molecule has 1 heterocycles. The standard InChI is InChI=1S/C13H22BrNO3/c1-13(2,3)18-12(17)15-8-6-4-5-7-10(15)11(16)9-14/h10H,4-9H2,1-3H3/t10-/m0/s1. The molecule has 1 amide bonds. The van der Waals surface area contributed by atoms with E-state index in [9.17, 15) is 9.59 Å². The molecular formula is C13H22BrNO3. The van der Waals surface area contributed by atoms with Gasteiger partial charge in [-0.25, -0.2) is 4.79 Å². The van der Waals surface area contributed by atoms with Gasteiger partial charge in [0.05, 0.1) is 11.4 Å². The van der Waals surface area contributed by atoms with E-state index in [4.69, 9.17) is 4.74 Å². The van der Waals surface area contributed by atoms with Gasteiger partial charge < -0.3 is 4.74 Å². The van der Waals surface area contributed by atoms with Crippen LogP contribution in [0.4, 0.5) is 4.79 Å². The number of alkyl halides is 1. The largest absolute Gasteiger partial charge is 0.444 e. The van der Waals surface area contributed by atoms with Gasteiger partial charge in [-0.2, -0.15) is 0 Å². The number of rotatable bonds is 2. The van der Waals surface area contributed by atoms with Gasteiger partial charge in [0, 0.05) is 6.54 Å². The van der Waals surface area contributed by atoms with Gasteiger partial charge in [0.15, 0.2) is 5.78 Å². The van der Waals surface area contributed by atoms with E-state index in [0.29, 0.717) is 6.54 Å². The lowest BCUT2D eigenvalue weighted by Crippen LogP contribution is -2.47. The molecule has 1 saturated heterocycles. The third-order valence-corrected chi connectivity index (χ3v) is 3.44. The van der Waals surface area contributed by atoms with Crippen molar-refractivity contribution in [3.05, 3.63) is 0 Å². The Morgan fingerprint density at radius 3 is 2.50 bits per heavy atom. The van der Waals surface area contributed by atoms with Crippen molar-refractivity contribution in [3.8, 4) is 0 Å². The van der Waals surface area contributed by atoms with Crippen molar-refractivity contribution < 1.29 is 14.3 Å². The number of halogens is 1. The molecule has 0 aromatic rings. The molecule has 1 rings (SSSR count). The Morgan fingerprint density at radius 1 is 1.28 bits per heavy atom. The minimum absolute atomic E-state index is 0.0581. The zero-order valence-corrected chi connectivity index (χ0v) is 13.0. The van der Waals surface area contributed by atoms with E-state index in [1.54, 1.807) is 4.90 Å². The number of carbonyl (C=O) groups excluding carboxylic acids is 2. The SMILES string of the molecule is CC(C)(C)OC(=O)N1CCCCC[C@H]1C(=O)CBr. The molecule has 1 aliphatic heterocycles. The maximum absolute atomic E-state index is 12.1. The van der Waals surface area contributed by atoms with E-state index >= 15 is 0 Å². The molecule has 1 aliphatic rings.